The molecular formula is C19H14ClF2N4+. The van der Waals surface area contributed by atoms with Crippen molar-refractivity contribution in [2.75, 3.05) is 0 Å². The molecule has 0 atom stereocenters. The van der Waals surface area contributed by atoms with Crippen LogP contribution in [0.15, 0.2) is 78.9 Å². The molecule has 4 aromatic rings. The van der Waals surface area contributed by atoms with Crippen molar-refractivity contribution in [3.8, 4) is 22.8 Å². The van der Waals surface area contributed by atoms with E-state index in [2.05, 4.69) is 10.2 Å². The summed E-state index contributed by atoms with van der Waals surface area (Å²) < 4.78 is 27.3. The van der Waals surface area contributed by atoms with E-state index in [9.17, 15) is 8.78 Å². The smallest absolute Gasteiger partial charge is 0.207 e. The van der Waals surface area contributed by atoms with Crippen LogP contribution in [0.3, 0.4) is 0 Å². The topological polar surface area (TPSA) is 34.6 Å². The van der Waals surface area contributed by atoms with Crippen LogP contribution in [-0.2, 0) is 0 Å². The fourth-order valence-electron chi connectivity index (χ4n) is 2.52. The monoisotopic (exact) mass is 371 g/mol. The van der Waals surface area contributed by atoms with Crippen molar-refractivity contribution < 1.29 is 13.6 Å². The first-order chi connectivity index (χ1) is 12.2. The predicted molar refractivity (Wildman–Crippen MR) is 95.5 cm³/mol. The number of rotatable bonds is 3. The fourth-order valence-corrected chi connectivity index (χ4v) is 2.52. The summed E-state index contributed by atoms with van der Waals surface area (Å²) in [6, 6.07) is 21.4. The van der Waals surface area contributed by atoms with Gasteiger partial charge in [-0.15, -0.1) is 12.4 Å². The van der Waals surface area contributed by atoms with E-state index in [0.29, 0.717) is 17.2 Å². The molecule has 26 heavy (non-hydrogen) atoms. The third-order valence-corrected chi connectivity index (χ3v) is 3.67. The second kappa shape index (κ2) is 7.41. The van der Waals surface area contributed by atoms with Crippen LogP contribution in [0.4, 0.5) is 8.78 Å². The highest BCUT2D eigenvalue weighted by Gasteiger charge is 2.23. The Morgan fingerprint density at radius 2 is 1.46 bits per heavy atom. The van der Waals surface area contributed by atoms with Gasteiger partial charge in [0.1, 0.15) is 17.3 Å². The lowest BCUT2D eigenvalue weighted by molar-refractivity contribution is -0.734. The molecule has 0 aliphatic rings. The van der Waals surface area contributed by atoms with Crippen LogP contribution >= 0.6 is 12.4 Å². The molecule has 1 aromatic heterocycles. The number of hydrogen-bond acceptors (Lipinski definition) is 2. The molecule has 0 aliphatic heterocycles. The molecule has 0 N–H and O–H groups in total. The normalized spacial score (nSPS) is 10.4. The van der Waals surface area contributed by atoms with Crippen LogP contribution in [0.1, 0.15) is 0 Å². The lowest BCUT2D eigenvalue weighted by Crippen LogP contribution is -2.43. The van der Waals surface area contributed by atoms with Crippen molar-refractivity contribution in [2.24, 2.45) is 0 Å². The molecule has 0 spiro atoms. The number of hydrogen-bond donors (Lipinski definition) is 0. The number of tetrazole rings is 1. The molecule has 0 saturated heterocycles. The molecule has 7 heteroatoms. The Hall–Kier alpha value is -3.12. The van der Waals surface area contributed by atoms with Crippen molar-refractivity contribution in [1.82, 2.24) is 15.0 Å². The summed E-state index contributed by atoms with van der Waals surface area (Å²) in [7, 11) is 0. The van der Waals surface area contributed by atoms with E-state index in [-0.39, 0.29) is 24.0 Å². The molecule has 0 fully saturated rings. The van der Waals surface area contributed by atoms with Gasteiger partial charge in [-0.3, -0.25) is 0 Å². The van der Waals surface area contributed by atoms with Crippen molar-refractivity contribution in [1.29, 1.82) is 0 Å². The Morgan fingerprint density at radius 1 is 0.769 bits per heavy atom. The molecule has 0 aliphatic carbocycles. The second-order valence-electron chi connectivity index (χ2n) is 5.43. The van der Waals surface area contributed by atoms with Crippen LogP contribution < -0.4 is 4.80 Å². The minimum absolute atomic E-state index is 0. The quantitative estimate of drug-likeness (QED) is 0.512. The highest BCUT2D eigenvalue weighted by Crippen LogP contribution is 2.15. The number of halogens is 3. The average molecular weight is 372 g/mol. The van der Waals surface area contributed by atoms with Gasteiger partial charge in [0.05, 0.1) is 10.7 Å². The van der Waals surface area contributed by atoms with E-state index in [4.69, 9.17) is 0 Å². The molecule has 0 unspecified atom stereocenters. The first-order valence-electron chi connectivity index (χ1n) is 7.68. The van der Waals surface area contributed by atoms with Gasteiger partial charge in [-0.1, -0.05) is 30.3 Å². The number of nitrogens with zero attached hydrogens (tertiary/aromatic N) is 4. The Morgan fingerprint density at radius 3 is 2.15 bits per heavy atom. The van der Waals surface area contributed by atoms with Crippen molar-refractivity contribution in [3.63, 3.8) is 0 Å². The minimum atomic E-state index is -0.389. The fraction of sp³-hybridized carbons (Fsp3) is 0. The highest BCUT2D eigenvalue weighted by atomic mass is 35.5. The van der Waals surface area contributed by atoms with E-state index < -0.39 is 0 Å². The molecule has 0 radical (unpaired) electrons. The van der Waals surface area contributed by atoms with E-state index in [1.54, 1.807) is 24.3 Å². The van der Waals surface area contributed by atoms with E-state index in [1.807, 2.05) is 30.3 Å². The highest BCUT2D eigenvalue weighted by molar-refractivity contribution is 5.85. The van der Waals surface area contributed by atoms with Gasteiger partial charge >= 0.3 is 5.82 Å². The molecular weight excluding hydrogens is 358 g/mol. The Balaban J connectivity index is 0.00000196. The lowest BCUT2D eigenvalue weighted by atomic mass is 10.2. The number of aromatic nitrogens is 4. The Labute approximate surface area is 154 Å². The van der Waals surface area contributed by atoms with Crippen molar-refractivity contribution >= 4 is 12.4 Å². The van der Waals surface area contributed by atoms with Crippen molar-refractivity contribution in [2.45, 2.75) is 0 Å². The van der Waals surface area contributed by atoms with Crippen LogP contribution in [-0.4, -0.2) is 15.0 Å². The summed E-state index contributed by atoms with van der Waals surface area (Å²) in [5, 5.41) is 8.95. The summed E-state index contributed by atoms with van der Waals surface area (Å²) >= 11 is 0. The molecule has 4 nitrogen and oxygen atoms in total. The molecule has 1 heterocycles. The first-order valence-corrected chi connectivity index (χ1v) is 7.68. The standard InChI is InChI=1S/C19H13F2N4.ClH/c20-15-8-4-10-17(12-15)24-22-19(14-6-2-1-3-7-14)23-25(24)18-11-5-9-16(21)13-18;/h1-13H;1H/q+1;. The van der Waals surface area contributed by atoms with Crippen LogP contribution in [0.25, 0.3) is 22.8 Å². The summed E-state index contributed by atoms with van der Waals surface area (Å²) in [6.07, 6.45) is 0. The molecule has 130 valence electrons. The Kier molecular flexibility index (Phi) is 5.04. The zero-order chi connectivity index (χ0) is 17.2. The molecule has 0 amide bonds. The summed E-state index contributed by atoms with van der Waals surface area (Å²) in [6.45, 7) is 0. The van der Waals surface area contributed by atoms with Gasteiger partial charge in [0.2, 0.25) is 0 Å². The average Bonchev–Trinajstić information content (AvgIpc) is 3.08. The van der Waals surface area contributed by atoms with Gasteiger partial charge in [0, 0.05) is 16.9 Å². The second-order valence-corrected chi connectivity index (χ2v) is 5.43. The molecule has 3 aromatic carbocycles. The van der Waals surface area contributed by atoms with E-state index >= 15 is 0 Å². The number of benzene rings is 3. The summed E-state index contributed by atoms with van der Waals surface area (Å²) in [4.78, 5) is 2.89. The first kappa shape index (κ1) is 17.7. The van der Waals surface area contributed by atoms with Gasteiger partial charge < -0.3 is 0 Å². The van der Waals surface area contributed by atoms with Gasteiger partial charge in [-0.2, -0.15) is 0 Å². The minimum Gasteiger partial charge on any atom is -0.207 e. The maximum Gasteiger partial charge on any atom is 0.340 e. The zero-order valence-corrected chi connectivity index (χ0v) is 14.3. The molecule has 0 bridgehead atoms. The summed E-state index contributed by atoms with van der Waals surface area (Å²) in [5.41, 5.74) is 1.78. The lowest BCUT2D eigenvalue weighted by Gasteiger charge is -2.00. The Bertz CT molecular complexity index is 972. The zero-order valence-electron chi connectivity index (χ0n) is 13.5. The predicted octanol–water partition coefficient (Wildman–Crippen LogP) is 3.91. The van der Waals surface area contributed by atoms with Gasteiger partial charge in [-0.25, -0.2) is 8.78 Å². The third kappa shape index (κ3) is 3.45. The maximum absolute atomic E-state index is 13.7. The molecule has 4 rings (SSSR count). The summed E-state index contributed by atoms with van der Waals surface area (Å²) in [5.74, 6) is -0.325. The molecule has 0 saturated carbocycles. The maximum atomic E-state index is 13.7. The van der Waals surface area contributed by atoms with E-state index in [0.717, 1.165) is 5.56 Å². The van der Waals surface area contributed by atoms with Crippen molar-refractivity contribution in [3.05, 3.63) is 90.5 Å². The third-order valence-electron chi connectivity index (χ3n) is 3.67. The van der Waals surface area contributed by atoms with Gasteiger partial charge in [0.25, 0.3) is 0 Å². The SMILES string of the molecule is Cl.Fc1cccc(-n2nc(-c3ccccc3)n[n+]2-c2cccc(F)c2)c1. The van der Waals surface area contributed by atoms with E-state index in [1.165, 1.54) is 33.9 Å². The van der Waals surface area contributed by atoms with Crippen LogP contribution in [0.2, 0.25) is 0 Å². The largest absolute Gasteiger partial charge is 0.340 e. The van der Waals surface area contributed by atoms with Crippen LogP contribution in [0.5, 0.6) is 0 Å². The van der Waals surface area contributed by atoms with Gasteiger partial charge in [0.15, 0.2) is 5.69 Å². The van der Waals surface area contributed by atoms with Gasteiger partial charge in [-0.05, 0) is 46.3 Å². The van der Waals surface area contributed by atoms with Crippen LogP contribution in [0, 0.1) is 11.6 Å².